The van der Waals surface area contributed by atoms with Crippen LogP contribution in [0.1, 0.15) is 19.3 Å². The normalized spacial score (nSPS) is 11.6. The predicted octanol–water partition coefficient (Wildman–Crippen LogP) is 0.155. The van der Waals surface area contributed by atoms with Crippen LogP contribution in [0.15, 0.2) is 17.3 Å². The Bertz CT molecular complexity index is 481. The molecule has 6 nitrogen and oxygen atoms in total. The van der Waals surface area contributed by atoms with Crippen LogP contribution in [0.4, 0.5) is 0 Å². The van der Waals surface area contributed by atoms with Crippen molar-refractivity contribution < 1.29 is 8.42 Å². The minimum atomic E-state index is -3.44. The highest BCUT2D eigenvalue weighted by atomic mass is 32.2. The fourth-order valence-electron chi connectivity index (χ4n) is 1.25. The third-order valence-electron chi connectivity index (χ3n) is 2.13. The van der Waals surface area contributed by atoms with Crippen LogP contribution in [-0.4, -0.2) is 29.7 Å². The Morgan fingerprint density at radius 2 is 2.29 bits per heavy atom. The van der Waals surface area contributed by atoms with E-state index in [1.807, 2.05) is 0 Å². The Balaban J connectivity index is 2.38. The van der Waals surface area contributed by atoms with Gasteiger partial charge in [0.15, 0.2) is 0 Å². The molecule has 1 aromatic heterocycles. The Morgan fingerprint density at radius 3 is 2.82 bits per heavy atom. The van der Waals surface area contributed by atoms with Crippen LogP contribution in [-0.2, 0) is 17.1 Å². The number of hydrogen-bond acceptors (Lipinski definition) is 4. The van der Waals surface area contributed by atoms with E-state index in [9.17, 15) is 8.42 Å². The number of nitrogens with one attached hydrogen (secondary N) is 1. The summed E-state index contributed by atoms with van der Waals surface area (Å²) in [7, 11) is -1.77. The van der Waals surface area contributed by atoms with Crippen molar-refractivity contribution in [3.8, 4) is 0 Å². The van der Waals surface area contributed by atoms with E-state index in [1.165, 1.54) is 17.1 Å². The van der Waals surface area contributed by atoms with E-state index in [0.717, 1.165) is 6.42 Å². The molecule has 0 amide bonds. The van der Waals surface area contributed by atoms with Crippen LogP contribution >= 0.6 is 12.2 Å². The molecule has 1 rings (SSSR count). The van der Waals surface area contributed by atoms with E-state index in [-0.39, 0.29) is 4.90 Å². The van der Waals surface area contributed by atoms with Crippen molar-refractivity contribution in [1.82, 2.24) is 14.5 Å². The van der Waals surface area contributed by atoms with Gasteiger partial charge in [-0.05, 0) is 19.3 Å². The first-order valence-electron chi connectivity index (χ1n) is 5.18. The average molecular weight is 276 g/mol. The van der Waals surface area contributed by atoms with Gasteiger partial charge < -0.3 is 5.73 Å². The van der Waals surface area contributed by atoms with Gasteiger partial charge in [0, 0.05) is 19.8 Å². The molecule has 0 aliphatic rings. The number of aryl methyl sites for hydroxylation is 1. The maximum Gasteiger partial charge on any atom is 0.243 e. The van der Waals surface area contributed by atoms with Crippen molar-refractivity contribution in [3.63, 3.8) is 0 Å². The second-order valence-corrected chi connectivity index (χ2v) is 5.96. The van der Waals surface area contributed by atoms with Crippen molar-refractivity contribution >= 4 is 27.2 Å². The highest BCUT2D eigenvalue weighted by Gasteiger charge is 2.14. The molecule has 0 aliphatic heterocycles. The zero-order valence-corrected chi connectivity index (χ0v) is 11.2. The van der Waals surface area contributed by atoms with E-state index in [0.29, 0.717) is 24.4 Å². The maximum atomic E-state index is 11.7. The number of rotatable bonds is 7. The molecule has 0 aromatic carbocycles. The molecule has 0 fully saturated rings. The van der Waals surface area contributed by atoms with Gasteiger partial charge in [0.25, 0.3) is 0 Å². The Morgan fingerprint density at radius 1 is 1.59 bits per heavy atom. The highest BCUT2D eigenvalue weighted by molar-refractivity contribution is 7.89. The smallest absolute Gasteiger partial charge is 0.243 e. The molecule has 0 atom stereocenters. The molecule has 0 saturated carbocycles. The zero-order chi connectivity index (χ0) is 12.9. The van der Waals surface area contributed by atoms with E-state index in [2.05, 4.69) is 9.82 Å². The topological polar surface area (TPSA) is 90.0 Å². The van der Waals surface area contributed by atoms with Gasteiger partial charge in [-0.3, -0.25) is 4.68 Å². The third kappa shape index (κ3) is 4.80. The first kappa shape index (κ1) is 14.1. The molecule has 96 valence electrons. The molecule has 0 radical (unpaired) electrons. The average Bonchev–Trinajstić information content (AvgIpc) is 2.64. The van der Waals surface area contributed by atoms with Crippen LogP contribution in [0.25, 0.3) is 0 Å². The molecule has 0 unspecified atom stereocenters. The lowest BCUT2D eigenvalue weighted by Gasteiger charge is -2.04. The number of nitrogens with zero attached hydrogens (tertiary/aromatic N) is 2. The summed E-state index contributed by atoms with van der Waals surface area (Å²) < 4.78 is 27.4. The van der Waals surface area contributed by atoms with Gasteiger partial charge in [0.05, 0.1) is 11.2 Å². The van der Waals surface area contributed by atoms with Crippen LogP contribution < -0.4 is 10.5 Å². The molecule has 1 aromatic rings. The van der Waals surface area contributed by atoms with E-state index in [4.69, 9.17) is 18.0 Å². The molecule has 0 bridgehead atoms. The number of nitrogens with two attached hydrogens (primary N) is 1. The molecule has 17 heavy (non-hydrogen) atoms. The summed E-state index contributed by atoms with van der Waals surface area (Å²) in [6.07, 6.45) is 4.90. The summed E-state index contributed by atoms with van der Waals surface area (Å²) in [6, 6.07) is 0. The Labute approximate surface area is 106 Å². The zero-order valence-electron chi connectivity index (χ0n) is 9.59. The summed E-state index contributed by atoms with van der Waals surface area (Å²) in [5.41, 5.74) is 5.34. The summed E-state index contributed by atoms with van der Waals surface area (Å²) >= 11 is 4.73. The minimum absolute atomic E-state index is 0.175. The van der Waals surface area contributed by atoms with Crippen molar-refractivity contribution in [2.45, 2.75) is 24.2 Å². The van der Waals surface area contributed by atoms with Crippen LogP contribution in [0.2, 0.25) is 0 Å². The first-order valence-corrected chi connectivity index (χ1v) is 7.07. The van der Waals surface area contributed by atoms with Gasteiger partial charge in [-0.15, -0.1) is 0 Å². The number of thiocarbonyl (C=S) groups is 1. The largest absolute Gasteiger partial charge is 0.393 e. The number of unbranched alkanes of at least 4 members (excludes halogenated alkanes) is 1. The van der Waals surface area contributed by atoms with Crippen LogP contribution in [0.5, 0.6) is 0 Å². The molecule has 8 heteroatoms. The maximum absolute atomic E-state index is 11.7. The number of sulfonamides is 1. The monoisotopic (exact) mass is 276 g/mol. The van der Waals surface area contributed by atoms with E-state index >= 15 is 0 Å². The lowest BCUT2D eigenvalue weighted by atomic mass is 10.2. The van der Waals surface area contributed by atoms with Gasteiger partial charge in [-0.2, -0.15) is 5.10 Å². The van der Waals surface area contributed by atoms with Gasteiger partial charge in [0.2, 0.25) is 10.0 Å². The predicted molar refractivity (Wildman–Crippen MR) is 69.0 cm³/mol. The Hall–Kier alpha value is -0.990. The molecule has 3 N–H and O–H groups in total. The molecular weight excluding hydrogens is 260 g/mol. The fraction of sp³-hybridized carbons (Fsp3) is 0.556. The number of aromatic nitrogens is 2. The Kier molecular flexibility index (Phi) is 5.03. The van der Waals surface area contributed by atoms with Crippen molar-refractivity contribution in [1.29, 1.82) is 0 Å². The summed E-state index contributed by atoms with van der Waals surface area (Å²) in [4.78, 5) is 0.634. The summed E-state index contributed by atoms with van der Waals surface area (Å²) in [6.45, 7) is 0.375. The molecule has 1 heterocycles. The van der Waals surface area contributed by atoms with Gasteiger partial charge in [0.1, 0.15) is 4.90 Å². The molecular formula is C9H16N4O2S2. The third-order valence-corrected chi connectivity index (χ3v) is 3.75. The second-order valence-electron chi connectivity index (χ2n) is 3.67. The highest BCUT2D eigenvalue weighted by Crippen LogP contribution is 2.06. The second kappa shape index (κ2) is 6.08. The van der Waals surface area contributed by atoms with Gasteiger partial charge in [-0.1, -0.05) is 12.2 Å². The van der Waals surface area contributed by atoms with E-state index in [1.54, 1.807) is 7.05 Å². The molecule has 0 aliphatic carbocycles. The SMILES string of the molecule is Cn1cc(S(=O)(=O)NCCCCC(N)=S)cn1. The molecule has 0 spiro atoms. The first-order chi connectivity index (χ1) is 7.92. The van der Waals surface area contributed by atoms with Crippen molar-refractivity contribution in [2.75, 3.05) is 6.54 Å². The van der Waals surface area contributed by atoms with E-state index < -0.39 is 10.0 Å². The molecule has 0 saturated heterocycles. The summed E-state index contributed by atoms with van der Waals surface area (Å²) in [5, 5.41) is 3.81. The van der Waals surface area contributed by atoms with Crippen LogP contribution in [0, 0.1) is 0 Å². The lowest BCUT2D eigenvalue weighted by molar-refractivity contribution is 0.577. The number of hydrogen-bond donors (Lipinski definition) is 2. The van der Waals surface area contributed by atoms with Crippen molar-refractivity contribution in [3.05, 3.63) is 12.4 Å². The quantitative estimate of drug-likeness (QED) is 0.547. The standard InChI is InChI=1S/C9H16N4O2S2/c1-13-7-8(6-11-13)17(14,15)12-5-3-2-4-9(10)16/h6-7,12H,2-5H2,1H3,(H2,10,16). The summed E-state index contributed by atoms with van der Waals surface area (Å²) in [5.74, 6) is 0. The van der Waals surface area contributed by atoms with Gasteiger partial charge >= 0.3 is 0 Å². The lowest BCUT2D eigenvalue weighted by Crippen LogP contribution is -2.24. The van der Waals surface area contributed by atoms with Crippen LogP contribution in [0.3, 0.4) is 0 Å². The fourth-order valence-corrected chi connectivity index (χ4v) is 2.45. The van der Waals surface area contributed by atoms with Gasteiger partial charge in [-0.25, -0.2) is 13.1 Å². The minimum Gasteiger partial charge on any atom is -0.393 e. The van der Waals surface area contributed by atoms with Crippen molar-refractivity contribution in [2.24, 2.45) is 12.8 Å².